The second-order valence-electron chi connectivity index (χ2n) is 5.67. The van der Waals surface area contributed by atoms with E-state index in [2.05, 4.69) is 11.9 Å². The van der Waals surface area contributed by atoms with Gasteiger partial charge in [0.2, 0.25) is 0 Å². The smallest absolute Gasteiger partial charge is 0.255 e. The summed E-state index contributed by atoms with van der Waals surface area (Å²) in [6, 6.07) is 5.03. The van der Waals surface area contributed by atoms with Crippen molar-refractivity contribution >= 4 is 23.2 Å². The first-order valence-corrected chi connectivity index (χ1v) is 7.34. The average molecular weight is 296 g/mol. The lowest BCUT2D eigenvalue weighted by Crippen LogP contribution is -2.38. The van der Waals surface area contributed by atoms with Crippen molar-refractivity contribution in [2.24, 2.45) is 5.92 Å². The number of halogens is 1. The third kappa shape index (κ3) is 3.64. The Kier molecular flexibility index (Phi) is 4.89. The summed E-state index contributed by atoms with van der Waals surface area (Å²) >= 11 is 6.10. The van der Waals surface area contributed by atoms with Crippen molar-refractivity contribution in [1.29, 1.82) is 0 Å². The number of carbonyl (C=O) groups excluding carboxylic acids is 1. The molecule has 4 nitrogen and oxygen atoms in total. The first-order chi connectivity index (χ1) is 9.47. The van der Waals surface area contributed by atoms with Crippen LogP contribution in [0.5, 0.6) is 0 Å². The standard InChI is InChI=1S/C15H22ClN3O/c1-18-7-5-11(6-8-18)10-19(2)15(20)13-4-3-12(17)9-14(13)16/h3-4,9,11H,5-8,10,17H2,1-2H3. The fourth-order valence-corrected chi connectivity index (χ4v) is 2.90. The highest BCUT2D eigenvalue weighted by Crippen LogP contribution is 2.22. The van der Waals surface area contributed by atoms with Gasteiger partial charge in [0.1, 0.15) is 0 Å². The monoisotopic (exact) mass is 295 g/mol. The molecule has 1 saturated heterocycles. The van der Waals surface area contributed by atoms with E-state index < -0.39 is 0 Å². The minimum atomic E-state index is -0.0334. The molecule has 0 atom stereocenters. The predicted octanol–water partition coefficient (Wildman–Crippen LogP) is 2.34. The lowest BCUT2D eigenvalue weighted by molar-refractivity contribution is 0.0747. The van der Waals surface area contributed by atoms with Crippen LogP contribution >= 0.6 is 11.6 Å². The molecule has 20 heavy (non-hydrogen) atoms. The summed E-state index contributed by atoms with van der Waals surface area (Å²) in [5, 5.41) is 0.422. The van der Waals surface area contributed by atoms with Crippen LogP contribution in [0.3, 0.4) is 0 Å². The Bertz CT molecular complexity index is 484. The van der Waals surface area contributed by atoms with Crippen LogP contribution < -0.4 is 5.73 Å². The zero-order valence-corrected chi connectivity index (χ0v) is 12.9. The van der Waals surface area contributed by atoms with Crippen LogP contribution in [0, 0.1) is 5.92 Å². The van der Waals surface area contributed by atoms with Gasteiger partial charge in [-0.3, -0.25) is 4.79 Å². The molecule has 0 bridgehead atoms. The van der Waals surface area contributed by atoms with Gasteiger partial charge in [0, 0.05) is 19.3 Å². The molecule has 5 heteroatoms. The van der Waals surface area contributed by atoms with Gasteiger partial charge in [0.15, 0.2) is 0 Å². The highest BCUT2D eigenvalue weighted by Gasteiger charge is 2.22. The van der Waals surface area contributed by atoms with Gasteiger partial charge in [-0.15, -0.1) is 0 Å². The first-order valence-electron chi connectivity index (χ1n) is 6.96. The van der Waals surface area contributed by atoms with Gasteiger partial charge in [0.25, 0.3) is 5.91 Å². The van der Waals surface area contributed by atoms with E-state index in [1.807, 2.05) is 7.05 Å². The number of benzene rings is 1. The Balaban J connectivity index is 1.98. The summed E-state index contributed by atoms with van der Waals surface area (Å²) in [6.07, 6.45) is 2.28. The van der Waals surface area contributed by atoms with Gasteiger partial charge in [0.05, 0.1) is 10.6 Å². The molecule has 1 amide bonds. The fraction of sp³-hybridized carbons (Fsp3) is 0.533. The predicted molar refractivity (Wildman–Crippen MR) is 83.0 cm³/mol. The van der Waals surface area contributed by atoms with Crippen molar-refractivity contribution in [3.8, 4) is 0 Å². The van der Waals surface area contributed by atoms with Crippen LogP contribution in [0.2, 0.25) is 5.02 Å². The maximum atomic E-state index is 12.4. The first kappa shape index (κ1) is 15.1. The van der Waals surface area contributed by atoms with Crippen molar-refractivity contribution in [1.82, 2.24) is 9.80 Å². The number of nitrogens with zero attached hydrogens (tertiary/aromatic N) is 2. The third-order valence-electron chi connectivity index (χ3n) is 3.94. The van der Waals surface area contributed by atoms with Crippen LogP contribution in [0.4, 0.5) is 5.69 Å². The van der Waals surface area contributed by atoms with Gasteiger partial charge in [-0.05, 0) is 57.1 Å². The molecule has 0 spiro atoms. The highest BCUT2D eigenvalue weighted by atomic mass is 35.5. The van der Waals surface area contributed by atoms with E-state index in [1.165, 1.54) is 0 Å². The number of piperidine rings is 1. The van der Waals surface area contributed by atoms with E-state index in [9.17, 15) is 4.79 Å². The number of hydrogen-bond acceptors (Lipinski definition) is 3. The minimum Gasteiger partial charge on any atom is -0.399 e. The Labute approximate surface area is 125 Å². The van der Waals surface area contributed by atoms with Gasteiger partial charge in [-0.2, -0.15) is 0 Å². The molecule has 2 N–H and O–H groups in total. The molecule has 1 fully saturated rings. The maximum Gasteiger partial charge on any atom is 0.255 e. The molecule has 0 aliphatic carbocycles. The normalized spacial score (nSPS) is 17.1. The molecule has 1 aromatic carbocycles. The number of carbonyl (C=O) groups is 1. The minimum absolute atomic E-state index is 0.0334. The zero-order valence-electron chi connectivity index (χ0n) is 12.1. The second-order valence-corrected chi connectivity index (χ2v) is 6.08. The van der Waals surface area contributed by atoms with E-state index in [4.69, 9.17) is 17.3 Å². The Morgan fingerprint density at radius 3 is 2.70 bits per heavy atom. The van der Waals surface area contributed by atoms with Crippen molar-refractivity contribution in [3.63, 3.8) is 0 Å². The van der Waals surface area contributed by atoms with E-state index in [-0.39, 0.29) is 5.91 Å². The average Bonchev–Trinajstić information content (AvgIpc) is 2.40. The molecular formula is C15H22ClN3O. The Morgan fingerprint density at radius 2 is 2.10 bits per heavy atom. The quantitative estimate of drug-likeness (QED) is 0.871. The summed E-state index contributed by atoms with van der Waals surface area (Å²) in [5.74, 6) is 0.543. The molecule has 1 heterocycles. The highest BCUT2D eigenvalue weighted by molar-refractivity contribution is 6.34. The van der Waals surface area contributed by atoms with Crippen molar-refractivity contribution in [2.45, 2.75) is 12.8 Å². The second kappa shape index (κ2) is 6.46. The zero-order chi connectivity index (χ0) is 14.7. The lowest BCUT2D eigenvalue weighted by atomic mass is 9.96. The van der Waals surface area contributed by atoms with Gasteiger partial charge in [-0.1, -0.05) is 11.6 Å². The van der Waals surface area contributed by atoms with Gasteiger partial charge >= 0.3 is 0 Å². The third-order valence-corrected chi connectivity index (χ3v) is 4.25. The lowest BCUT2D eigenvalue weighted by Gasteiger charge is -2.31. The van der Waals surface area contributed by atoms with E-state index >= 15 is 0 Å². The van der Waals surface area contributed by atoms with E-state index in [1.54, 1.807) is 23.1 Å². The van der Waals surface area contributed by atoms with Crippen molar-refractivity contribution in [3.05, 3.63) is 28.8 Å². The maximum absolute atomic E-state index is 12.4. The molecule has 0 aromatic heterocycles. The van der Waals surface area contributed by atoms with Crippen LogP contribution in [0.25, 0.3) is 0 Å². The van der Waals surface area contributed by atoms with Gasteiger partial charge in [-0.25, -0.2) is 0 Å². The molecule has 0 unspecified atom stereocenters. The topological polar surface area (TPSA) is 49.6 Å². The van der Waals surface area contributed by atoms with Crippen LogP contribution in [0.1, 0.15) is 23.2 Å². The summed E-state index contributed by atoms with van der Waals surface area (Å²) in [6.45, 7) is 3.00. The number of likely N-dealkylation sites (tertiary alicyclic amines) is 1. The molecule has 1 aliphatic heterocycles. The molecule has 1 aliphatic rings. The SMILES string of the molecule is CN1CCC(CN(C)C(=O)c2ccc(N)cc2Cl)CC1. The number of nitrogens with two attached hydrogens (primary N) is 1. The summed E-state index contributed by atoms with van der Waals surface area (Å²) < 4.78 is 0. The fourth-order valence-electron chi connectivity index (χ4n) is 2.63. The van der Waals surface area contributed by atoms with E-state index in [0.29, 0.717) is 22.2 Å². The number of rotatable bonds is 3. The number of amides is 1. The van der Waals surface area contributed by atoms with E-state index in [0.717, 1.165) is 32.5 Å². The van der Waals surface area contributed by atoms with Crippen molar-refractivity contribution < 1.29 is 4.79 Å². The van der Waals surface area contributed by atoms with Crippen molar-refractivity contribution in [2.75, 3.05) is 39.5 Å². The summed E-state index contributed by atoms with van der Waals surface area (Å²) in [4.78, 5) is 16.5. The van der Waals surface area contributed by atoms with Crippen LogP contribution in [-0.2, 0) is 0 Å². The molecule has 2 rings (SSSR count). The largest absolute Gasteiger partial charge is 0.399 e. The molecule has 1 aromatic rings. The number of hydrogen-bond donors (Lipinski definition) is 1. The Morgan fingerprint density at radius 1 is 1.45 bits per heavy atom. The summed E-state index contributed by atoms with van der Waals surface area (Å²) in [7, 11) is 3.98. The molecular weight excluding hydrogens is 274 g/mol. The molecule has 0 saturated carbocycles. The molecule has 0 radical (unpaired) electrons. The van der Waals surface area contributed by atoms with Crippen LogP contribution in [-0.4, -0.2) is 49.4 Å². The number of nitrogen functional groups attached to an aromatic ring is 1. The number of anilines is 1. The summed E-state index contributed by atoms with van der Waals surface area (Å²) in [5.41, 5.74) is 6.75. The Hall–Kier alpha value is -1.26. The van der Waals surface area contributed by atoms with Crippen LogP contribution in [0.15, 0.2) is 18.2 Å². The van der Waals surface area contributed by atoms with Gasteiger partial charge < -0.3 is 15.5 Å². The molecule has 110 valence electrons.